The summed E-state index contributed by atoms with van der Waals surface area (Å²) in [5.74, 6) is 0. The van der Waals surface area contributed by atoms with E-state index in [4.69, 9.17) is 0 Å². The highest BCUT2D eigenvalue weighted by atomic mass is 15.2. The summed E-state index contributed by atoms with van der Waals surface area (Å²) in [6, 6.07) is 0. The number of nitrogens with zero attached hydrogens (tertiary/aromatic N) is 2. The van der Waals surface area contributed by atoms with Gasteiger partial charge < -0.3 is 9.80 Å². The third-order valence-corrected chi connectivity index (χ3v) is 2.36. The summed E-state index contributed by atoms with van der Waals surface area (Å²) in [4.78, 5) is 5.01. The molecule has 0 spiro atoms. The third kappa shape index (κ3) is 4.07. The van der Waals surface area contributed by atoms with Crippen LogP contribution in [0.4, 0.5) is 0 Å². The van der Waals surface area contributed by atoms with Gasteiger partial charge in [0.25, 0.3) is 0 Å². The van der Waals surface area contributed by atoms with Gasteiger partial charge in [0.2, 0.25) is 0 Å². The lowest BCUT2D eigenvalue weighted by Gasteiger charge is -2.33. The highest BCUT2D eigenvalue weighted by Crippen LogP contribution is 1.99. The van der Waals surface area contributed by atoms with E-state index in [1.165, 1.54) is 39.3 Å². The fourth-order valence-corrected chi connectivity index (χ4v) is 1.42. The molecule has 1 saturated heterocycles. The molecule has 1 aliphatic rings. The Morgan fingerprint density at radius 3 is 1.17 bits per heavy atom. The Bertz CT molecular complexity index is 73.8. The van der Waals surface area contributed by atoms with E-state index in [1.54, 1.807) is 0 Å². The van der Waals surface area contributed by atoms with Gasteiger partial charge in [-0.3, -0.25) is 0 Å². The van der Waals surface area contributed by atoms with E-state index < -0.39 is 0 Å². The van der Waals surface area contributed by atoms with Crippen molar-refractivity contribution in [3.8, 4) is 0 Å². The quantitative estimate of drug-likeness (QED) is 0.625. The van der Waals surface area contributed by atoms with Crippen molar-refractivity contribution in [2.24, 2.45) is 0 Å². The van der Waals surface area contributed by atoms with Gasteiger partial charge >= 0.3 is 0 Å². The van der Waals surface area contributed by atoms with Crippen LogP contribution in [0, 0.1) is 0 Å². The molecule has 1 heterocycles. The molecule has 0 N–H and O–H groups in total. The van der Waals surface area contributed by atoms with Crippen LogP contribution >= 0.6 is 0 Å². The monoisotopic (exact) mass is 172 g/mol. The molecule has 0 atom stereocenters. The van der Waals surface area contributed by atoms with Crippen LogP contribution in [0.15, 0.2) is 0 Å². The number of rotatable bonds is 2. The lowest BCUT2D eigenvalue weighted by atomic mass is 10.3. The summed E-state index contributed by atoms with van der Waals surface area (Å²) in [5, 5.41) is 0. The van der Waals surface area contributed by atoms with Gasteiger partial charge in [-0.1, -0.05) is 27.7 Å². The molecule has 0 bridgehead atoms. The Morgan fingerprint density at radius 1 is 0.750 bits per heavy atom. The molecule has 0 aromatic carbocycles. The first-order chi connectivity index (χ1) is 5.86. The van der Waals surface area contributed by atoms with E-state index in [2.05, 4.69) is 23.6 Å². The Kier molecular flexibility index (Phi) is 7.51. The smallest absolute Gasteiger partial charge is 0.0110 e. The Morgan fingerprint density at radius 2 is 1.00 bits per heavy atom. The van der Waals surface area contributed by atoms with Gasteiger partial charge in [-0.05, 0) is 13.1 Å². The van der Waals surface area contributed by atoms with E-state index in [-0.39, 0.29) is 0 Å². The molecular weight excluding hydrogens is 148 g/mol. The van der Waals surface area contributed by atoms with Gasteiger partial charge in [0.05, 0.1) is 0 Å². The molecule has 0 aliphatic carbocycles. The zero-order valence-electron chi connectivity index (χ0n) is 9.14. The first kappa shape index (κ1) is 11.9. The maximum absolute atomic E-state index is 2.51. The summed E-state index contributed by atoms with van der Waals surface area (Å²) >= 11 is 0. The predicted molar refractivity (Wildman–Crippen MR) is 55.6 cm³/mol. The molecule has 2 nitrogen and oxygen atoms in total. The second-order valence-electron chi connectivity index (χ2n) is 2.87. The molecule has 0 aromatic heterocycles. The van der Waals surface area contributed by atoms with E-state index in [0.29, 0.717) is 0 Å². The lowest BCUT2D eigenvalue weighted by molar-refractivity contribution is 0.142. The molecule has 0 aromatic rings. The molecule has 1 aliphatic heterocycles. The molecule has 1 fully saturated rings. The van der Waals surface area contributed by atoms with Crippen LogP contribution in [0.2, 0.25) is 0 Å². The summed E-state index contributed by atoms with van der Waals surface area (Å²) < 4.78 is 0. The summed E-state index contributed by atoms with van der Waals surface area (Å²) in [7, 11) is 0. The SMILES string of the molecule is CC.CCN1CCN(CC)CC1. The van der Waals surface area contributed by atoms with Crippen LogP contribution in [0.1, 0.15) is 27.7 Å². The second kappa shape index (κ2) is 7.56. The fraction of sp³-hybridized carbons (Fsp3) is 1.00. The molecule has 0 saturated carbocycles. The van der Waals surface area contributed by atoms with Crippen molar-refractivity contribution in [2.75, 3.05) is 39.3 Å². The number of piperazine rings is 1. The summed E-state index contributed by atoms with van der Waals surface area (Å²) in [6.07, 6.45) is 0. The van der Waals surface area contributed by atoms with E-state index in [1.807, 2.05) is 13.8 Å². The highest BCUT2D eigenvalue weighted by Gasteiger charge is 2.12. The molecule has 74 valence electrons. The maximum Gasteiger partial charge on any atom is 0.0110 e. The first-order valence-electron chi connectivity index (χ1n) is 5.31. The van der Waals surface area contributed by atoms with Crippen LogP contribution in [-0.4, -0.2) is 49.1 Å². The number of likely N-dealkylation sites (N-methyl/N-ethyl adjacent to an activating group) is 2. The zero-order chi connectivity index (χ0) is 9.40. The standard InChI is InChI=1S/C8H18N2.C2H6/c1-3-9-5-7-10(4-2)8-6-9;1-2/h3-8H2,1-2H3;1-2H3. The Labute approximate surface area is 77.5 Å². The summed E-state index contributed by atoms with van der Waals surface area (Å²) in [6.45, 7) is 16.0. The van der Waals surface area contributed by atoms with Crippen molar-refractivity contribution in [3.63, 3.8) is 0 Å². The van der Waals surface area contributed by atoms with Crippen LogP contribution in [0.5, 0.6) is 0 Å². The minimum absolute atomic E-state index is 1.22. The van der Waals surface area contributed by atoms with Crippen molar-refractivity contribution in [1.29, 1.82) is 0 Å². The molecular formula is C10H24N2. The second-order valence-corrected chi connectivity index (χ2v) is 2.87. The van der Waals surface area contributed by atoms with E-state index in [0.717, 1.165) is 0 Å². The maximum atomic E-state index is 2.51. The number of hydrogen-bond donors (Lipinski definition) is 0. The normalized spacial score (nSPS) is 20.0. The van der Waals surface area contributed by atoms with Crippen molar-refractivity contribution in [2.45, 2.75) is 27.7 Å². The topological polar surface area (TPSA) is 6.48 Å². The van der Waals surface area contributed by atoms with Crippen molar-refractivity contribution in [1.82, 2.24) is 9.80 Å². The third-order valence-electron chi connectivity index (χ3n) is 2.36. The summed E-state index contributed by atoms with van der Waals surface area (Å²) in [5.41, 5.74) is 0. The molecule has 12 heavy (non-hydrogen) atoms. The lowest BCUT2D eigenvalue weighted by Crippen LogP contribution is -2.45. The predicted octanol–water partition coefficient (Wildman–Crippen LogP) is 1.67. The fourth-order valence-electron chi connectivity index (χ4n) is 1.42. The van der Waals surface area contributed by atoms with Crippen LogP contribution < -0.4 is 0 Å². The van der Waals surface area contributed by atoms with Gasteiger partial charge in [0.15, 0.2) is 0 Å². The van der Waals surface area contributed by atoms with Gasteiger partial charge in [-0.25, -0.2) is 0 Å². The van der Waals surface area contributed by atoms with Crippen molar-refractivity contribution < 1.29 is 0 Å². The van der Waals surface area contributed by atoms with Crippen LogP contribution in [-0.2, 0) is 0 Å². The first-order valence-corrected chi connectivity index (χ1v) is 5.31. The van der Waals surface area contributed by atoms with Gasteiger partial charge in [0, 0.05) is 26.2 Å². The molecule has 0 unspecified atom stereocenters. The van der Waals surface area contributed by atoms with E-state index in [9.17, 15) is 0 Å². The van der Waals surface area contributed by atoms with Crippen molar-refractivity contribution >= 4 is 0 Å². The molecule has 0 amide bonds. The van der Waals surface area contributed by atoms with Crippen LogP contribution in [0.25, 0.3) is 0 Å². The Balaban J connectivity index is 0.000000561. The van der Waals surface area contributed by atoms with Crippen LogP contribution in [0.3, 0.4) is 0 Å². The highest BCUT2D eigenvalue weighted by molar-refractivity contribution is 4.69. The number of hydrogen-bond acceptors (Lipinski definition) is 2. The largest absolute Gasteiger partial charge is 0.301 e. The van der Waals surface area contributed by atoms with Crippen molar-refractivity contribution in [3.05, 3.63) is 0 Å². The molecule has 2 heteroatoms. The minimum atomic E-state index is 1.22. The van der Waals surface area contributed by atoms with Gasteiger partial charge in [-0.15, -0.1) is 0 Å². The van der Waals surface area contributed by atoms with Gasteiger partial charge in [-0.2, -0.15) is 0 Å². The average molecular weight is 172 g/mol. The minimum Gasteiger partial charge on any atom is -0.301 e. The molecule has 0 radical (unpaired) electrons. The Hall–Kier alpha value is -0.0800. The van der Waals surface area contributed by atoms with Gasteiger partial charge in [0.1, 0.15) is 0 Å². The van der Waals surface area contributed by atoms with E-state index >= 15 is 0 Å². The molecule has 1 rings (SSSR count). The average Bonchev–Trinajstić information content (AvgIpc) is 2.21. The zero-order valence-corrected chi connectivity index (χ0v) is 9.14.